The van der Waals surface area contributed by atoms with Crippen LogP contribution in [0.5, 0.6) is 23.1 Å². The first-order valence-corrected chi connectivity index (χ1v) is 7.69. The van der Waals surface area contributed by atoms with Crippen molar-refractivity contribution in [3.8, 4) is 29.2 Å². The molecule has 0 saturated heterocycles. The number of allylic oxidation sites excluding steroid dienone is 1. The number of benzene rings is 1. The van der Waals surface area contributed by atoms with Crippen molar-refractivity contribution in [2.45, 2.75) is 5.92 Å². The molecule has 4 N–H and O–H groups in total. The minimum absolute atomic E-state index is 0.00863. The molecule has 2 aromatic rings. The SMILES string of the molecule is COc1cc(C2C(C#N)=C(N)Oc3[nH]c(=O)[nH]c(=O)c32)cc(OC)c1OC. The predicted octanol–water partition coefficient (Wildman–Crippen LogP) is 0.307. The fourth-order valence-corrected chi connectivity index (χ4v) is 2.99. The molecule has 0 bridgehead atoms. The molecule has 3 rings (SSSR count). The second kappa shape index (κ2) is 6.80. The Morgan fingerprint density at radius 1 is 1.11 bits per heavy atom. The summed E-state index contributed by atoms with van der Waals surface area (Å²) in [5, 5.41) is 9.58. The van der Waals surface area contributed by atoms with E-state index in [0.29, 0.717) is 22.8 Å². The summed E-state index contributed by atoms with van der Waals surface area (Å²) >= 11 is 0. The van der Waals surface area contributed by atoms with Gasteiger partial charge >= 0.3 is 5.69 Å². The molecule has 0 amide bonds. The van der Waals surface area contributed by atoms with Crippen LogP contribution in [-0.2, 0) is 0 Å². The number of nitrogens with zero attached hydrogens (tertiary/aromatic N) is 1. The molecule has 1 aromatic carbocycles. The van der Waals surface area contributed by atoms with Crippen LogP contribution in [0.2, 0.25) is 0 Å². The fraction of sp³-hybridized carbons (Fsp3) is 0.235. The number of hydrogen-bond donors (Lipinski definition) is 3. The number of hydrogen-bond acceptors (Lipinski definition) is 8. The summed E-state index contributed by atoms with van der Waals surface area (Å²) in [6, 6.07) is 5.15. The molecule has 1 aliphatic rings. The second-order valence-corrected chi connectivity index (χ2v) is 5.53. The molecule has 0 aliphatic carbocycles. The van der Waals surface area contributed by atoms with E-state index >= 15 is 0 Å². The average molecular weight is 372 g/mol. The Labute approximate surface area is 152 Å². The molecule has 1 unspecified atom stereocenters. The normalized spacial score (nSPS) is 15.4. The summed E-state index contributed by atoms with van der Waals surface area (Å²) in [6.07, 6.45) is 0. The van der Waals surface area contributed by atoms with Gasteiger partial charge in [0.05, 0.1) is 32.8 Å². The lowest BCUT2D eigenvalue weighted by molar-refractivity contribution is 0.323. The predicted molar refractivity (Wildman–Crippen MR) is 93.1 cm³/mol. The third-order valence-corrected chi connectivity index (χ3v) is 4.14. The van der Waals surface area contributed by atoms with E-state index in [1.165, 1.54) is 21.3 Å². The van der Waals surface area contributed by atoms with Crippen LogP contribution in [-0.4, -0.2) is 31.3 Å². The average Bonchev–Trinajstić information content (AvgIpc) is 2.65. The number of H-pyrrole nitrogens is 2. The highest BCUT2D eigenvalue weighted by molar-refractivity contribution is 5.60. The molecule has 1 aliphatic heterocycles. The maximum atomic E-state index is 12.5. The molecule has 140 valence electrons. The maximum absolute atomic E-state index is 12.5. The summed E-state index contributed by atoms with van der Waals surface area (Å²) in [7, 11) is 4.34. The van der Waals surface area contributed by atoms with Gasteiger partial charge in [-0.25, -0.2) is 4.79 Å². The van der Waals surface area contributed by atoms with E-state index in [0.717, 1.165) is 0 Å². The molecular formula is C17H16N4O6. The van der Waals surface area contributed by atoms with Crippen molar-refractivity contribution in [3.05, 3.63) is 55.6 Å². The summed E-state index contributed by atoms with van der Waals surface area (Å²) < 4.78 is 21.2. The van der Waals surface area contributed by atoms with Crippen LogP contribution in [0.15, 0.2) is 33.2 Å². The molecule has 0 radical (unpaired) electrons. The van der Waals surface area contributed by atoms with Gasteiger partial charge in [-0.05, 0) is 17.7 Å². The zero-order valence-corrected chi connectivity index (χ0v) is 14.7. The van der Waals surface area contributed by atoms with Gasteiger partial charge in [-0.1, -0.05) is 0 Å². The lowest BCUT2D eigenvalue weighted by Gasteiger charge is -2.25. The molecule has 1 aromatic heterocycles. The van der Waals surface area contributed by atoms with Gasteiger partial charge in [0, 0.05) is 0 Å². The van der Waals surface area contributed by atoms with Gasteiger partial charge in [-0.15, -0.1) is 0 Å². The fourth-order valence-electron chi connectivity index (χ4n) is 2.99. The van der Waals surface area contributed by atoms with E-state index in [4.69, 9.17) is 24.7 Å². The molecule has 10 heteroatoms. The Kier molecular flexibility index (Phi) is 4.51. The summed E-state index contributed by atoms with van der Waals surface area (Å²) in [5.74, 6) is -0.243. The molecule has 10 nitrogen and oxygen atoms in total. The first-order valence-electron chi connectivity index (χ1n) is 7.69. The Morgan fingerprint density at radius 3 is 2.26 bits per heavy atom. The number of nitrogens with two attached hydrogens (primary N) is 1. The largest absolute Gasteiger partial charge is 0.493 e. The number of rotatable bonds is 4. The minimum atomic E-state index is -0.909. The highest BCUT2D eigenvalue weighted by Crippen LogP contribution is 2.45. The number of aromatic amines is 2. The van der Waals surface area contributed by atoms with E-state index in [2.05, 4.69) is 9.97 Å². The second-order valence-electron chi connectivity index (χ2n) is 5.53. The van der Waals surface area contributed by atoms with Gasteiger partial charge in [0.15, 0.2) is 11.5 Å². The summed E-state index contributed by atoms with van der Waals surface area (Å²) in [5.41, 5.74) is 4.90. The standard InChI is InChI=1S/C17H16N4O6/c1-24-9-4-7(5-10(25-2)13(9)26-3)11-8(6-18)14(19)27-16-12(11)15(22)20-17(23)21-16/h4-5,11H,19H2,1-3H3,(H2,20,21,22,23). The van der Waals surface area contributed by atoms with Gasteiger partial charge in [0.1, 0.15) is 11.6 Å². The van der Waals surface area contributed by atoms with Gasteiger partial charge in [0.2, 0.25) is 17.5 Å². The van der Waals surface area contributed by atoms with Crippen molar-refractivity contribution >= 4 is 0 Å². The third-order valence-electron chi connectivity index (χ3n) is 4.14. The van der Waals surface area contributed by atoms with E-state index in [9.17, 15) is 14.9 Å². The smallest absolute Gasteiger partial charge is 0.328 e. The van der Waals surface area contributed by atoms with Crippen LogP contribution < -0.4 is 35.9 Å². The Balaban J connectivity index is 2.35. The van der Waals surface area contributed by atoms with Gasteiger partial charge < -0.3 is 24.7 Å². The molecule has 0 fully saturated rings. The molecule has 27 heavy (non-hydrogen) atoms. The van der Waals surface area contributed by atoms with Crippen LogP contribution in [0.1, 0.15) is 17.0 Å². The van der Waals surface area contributed by atoms with Crippen LogP contribution >= 0.6 is 0 Å². The topological polar surface area (TPSA) is 152 Å². The number of methoxy groups -OCH3 is 3. The molecule has 1 atom stereocenters. The zero-order chi connectivity index (χ0) is 19.7. The maximum Gasteiger partial charge on any atom is 0.328 e. The lowest BCUT2D eigenvalue weighted by Crippen LogP contribution is -2.33. The molecule has 0 spiro atoms. The Bertz CT molecular complexity index is 1070. The van der Waals surface area contributed by atoms with Crippen molar-refractivity contribution in [2.24, 2.45) is 5.73 Å². The number of nitriles is 1. The number of fused-ring (bicyclic) bond motifs is 1. The van der Waals surface area contributed by atoms with Gasteiger partial charge in [0.25, 0.3) is 5.56 Å². The van der Waals surface area contributed by atoms with Crippen molar-refractivity contribution in [3.63, 3.8) is 0 Å². The van der Waals surface area contributed by atoms with Crippen LogP contribution in [0.25, 0.3) is 0 Å². The van der Waals surface area contributed by atoms with Crippen LogP contribution in [0, 0.1) is 11.3 Å². The summed E-state index contributed by atoms with van der Waals surface area (Å²) in [6.45, 7) is 0. The van der Waals surface area contributed by atoms with Crippen LogP contribution in [0.4, 0.5) is 0 Å². The third kappa shape index (κ3) is 2.85. The molecule has 0 saturated carbocycles. The summed E-state index contributed by atoms with van der Waals surface area (Å²) in [4.78, 5) is 28.5. The van der Waals surface area contributed by atoms with Crippen molar-refractivity contribution in [1.82, 2.24) is 9.97 Å². The first kappa shape index (κ1) is 17.9. The quantitative estimate of drug-likeness (QED) is 0.693. The van der Waals surface area contributed by atoms with E-state index in [-0.39, 0.29) is 22.9 Å². The van der Waals surface area contributed by atoms with E-state index < -0.39 is 17.2 Å². The highest BCUT2D eigenvalue weighted by Gasteiger charge is 2.35. The van der Waals surface area contributed by atoms with Crippen molar-refractivity contribution in [1.29, 1.82) is 5.26 Å². The van der Waals surface area contributed by atoms with E-state index in [1.54, 1.807) is 12.1 Å². The Morgan fingerprint density at radius 2 is 1.74 bits per heavy atom. The van der Waals surface area contributed by atoms with Crippen molar-refractivity contribution in [2.75, 3.05) is 21.3 Å². The highest BCUT2D eigenvalue weighted by atomic mass is 16.5. The minimum Gasteiger partial charge on any atom is -0.493 e. The van der Waals surface area contributed by atoms with E-state index in [1.807, 2.05) is 6.07 Å². The van der Waals surface area contributed by atoms with Crippen LogP contribution in [0.3, 0.4) is 0 Å². The molecule has 2 heterocycles. The Hall–Kier alpha value is -3.87. The first-order chi connectivity index (χ1) is 12.9. The zero-order valence-electron chi connectivity index (χ0n) is 14.7. The molecular weight excluding hydrogens is 356 g/mol. The monoisotopic (exact) mass is 372 g/mol. The lowest BCUT2D eigenvalue weighted by atomic mass is 9.85. The van der Waals surface area contributed by atoms with Gasteiger partial charge in [-0.2, -0.15) is 5.26 Å². The number of ether oxygens (including phenoxy) is 4. The number of aromatic nitrogens is 2. The number of nitrogens with one attached hydrogen (secondary N) is 2. The van der Waals surface area contributed by atoms with Crippen molar-refractivity contribution < 1.29 is 18.9 Å². The van der Waals surface area contributed by atoms with Gasteiger partial charge in [-0.3, -0.25) is 14.8 Å².